The van der Waals surface area contributed by atoms with Crippen molar-refractivity contribution in [3.05, 3.63) is 71.8 Å². The molecule has 5 heteroatoms. The minimum atomic E-state index is -0.113. The zero-order valence-electron chi connectivity index (χ0n) is 16.1. The number of hydrogen-bond acceptors (Lipinski definition) is 4. The van der Waals surface area contributed by atoms with E-state index in [2.05, 4.69) is 20.4 Å². The molecule has 5 nitrogen and oxygen atoms in total. The highest BCUT2D eigenvalue weighted by molar-refractivity contribution is 6.04. The summed E-state index contributed by atoms with van der Waals surface area (Å²) < 4.78 is 0. The SMILES string of the molecule is Cc1ccc(C(=O)Nc2ccc(-c3ccc(N4CCCCC4)nn3)cc2)cc1. The van der Waals surface area contributed by atoms with Crippen LogP contribution in [0.15, 0.2) is 60.7 Å². The number of carbonyl (C=O) groups excluding carboxylic acids is 1. The Kier molecular flexibility index (Phi) is 5.33. The van der Waals surface area contributed by atoms with Crippen LogP contribution in [0.3, 0.4) is 0 Å². The Labute approximate surface area is 165 Å². The maximum atomic E-state index is 12.3. The van der Waals surface area contributed by atoms with Gasteiger partial charge in [0.25, 0.3) is 5.91 Å². The Balaban J connectivity index is 1.42. The lowest BCUT2D eigenvalue weighted by molar-refractivity contribution is 0.102. The quantitative estimate of drug-likeness (QED) is 0.721. The van der Waals surface area contributed by atoms with Crippen molar-refractivity contribution < 1.29 is 4.79 Å². The molecule has 1 aromatic heterocycles. The summed E-state index contributed by atoms with van der Waals surface area (Å²) in [4.78, 5) is 14.6. The second-order valence-electron chi connectivity index (χ2n) is 7.22. The van der Waals surface area contributed by atoms with Crippen LogP contribution in [0.5, 0.6) is 0 Å². The third-order valence-electron chi connectivity index (χ3n) is 5.08. The molecule has 2 heterocycles. The van der Waals surface area contributed by atoms with Gasteiger partial charge in [-0.15, -0.1) is 10.2 Å². The number of nitrogens with zero attached hydrogens (tertiary/aromatic N) is 3. The lowest BCUT2D eigenvalue weighted by Crippen LogP contribution is -2.30. The minimum absolute atomic E-state index is 0.113. The van der Waals surface area contributed by atoms with Crippen LogP contribution in [-0.4, -0.2) is 29.2 Å². The Bertz CT molecular complexity index is 928. The molecule has 2 aromatic carbocycles. The highest BCUT2D eigenvalue weighted by atomic mass is 16.1. The smallest absolute Gasteiger partial charge is 0.255 e. The summed E-state index contributed by atoms with van der Waals surface area (Å²) in [5.74, 6) is 0.837. The van der Waals surface area contributed by atoms with E-state index in [0.717, 1.165) is 41.4 Å². The van der Waals surface area contributed by atoms with Crippen LogP contribution < -0.4 is 10.2 Å². The van der Waals surface area contributed by atoms with Gasteiger partial charge in [-0.3, -0.25) is 4.79 Å². The minimum Gasteiger partial charge on any atom is -0.355 e. The summed E-state index contributed by atoms with van der Waals surface area (Å²) in [5, 5.41) is 11.7. The summed E-state index contributed by atoms with van der Waals surface area (Å²) in [6.45, 7) is 4.12. The van der Waals surface area contributed by atoms with Gasteiger partial charge >= 0.3 is 0 Å². The zero-order chi connectivity index (χ0) is 19.3. The van der Waals surface area contributed by atoms with Gasteiger partial charge < -0.3 is 10.2 Å². The molecular formula is C23H24N4O. The van der Waals surface area contributed by atoms with E-state index in [1.807, 2.05) is 67.6 Å². The number of hydrogen-bond donors (Lipinski definition) is 1. The maximum absolute atomic E-state index is 12.3. The molecule has 0 bridgehead atoms. The van der Waals surface area contributed by atoms with Crippen molar-refractivity contribution in [2.24, 2.45) is 0 Å². The van der Waals surface area contributed by atoms with Gasteiger partial charge in [-0.1, -0.05) is 29.8 Å². The molecule has 1 N–H and O–H groups in total. The van der Waals surface area contributed by atoms with E-state index in [0.29, 0.717) is 5.56 Å². The molecule has 1 fully saturated rings. The molecular weight excluding hydrogens is 348 g/mol. The number of amides is 1. The normalized spacial score (nSPS) is 14.0. The molecule has 1 aliphatic rings. The molecule has 0 spiro atoms. The summed E-state index contributed by atoms with van der Waals surface area (Å²) in [6.07, 6.45) is 3.74. The lowest BCUT2D eigenvalue weighted by Gasteiger charge is -2.27. The van der Waals surface area contributed by atoms with Gasteiger partial charge in [0.2, 0.25) is 0 Å². The van der Waals surface area contributed by atoms with E-state index in [1.165, 1.54) is 19.3 Å². The third kappa shape index (κ3) is 4.19. The maximum Gasteiger partial charge on any atom is 0.255 e. The van der Waals surface area contributed by atoms with Gasteiger partial charge in [0.05, 0.1) is 5.69 Å². The van der Waals surface area contributed by atoms with Crippen LogP contribution in [0.1, 0.15) is 35.2 Å². The first-order chi connectivity index (χ1) is 13.7. The molecule has 4 rings (SSSR count). The van der Waals surface area contributed by atoms with Gasteiger partial charge in [0.1, 0.15) is 0 Å². The summed E-state index contributed by atoms with van der Waals surface area (Å²) >= 11 is 0. The average molecular weight is 372 g/mol. The molecule has 0 saturated carbocycles. The number of nitrogens with one attached hydrogen (secondary N) is 1. The van der Waals surface area contributed by atoms with Crippen LogP contribution >= 0.6 is 0 Å². The Morgan fingerprint density at radius 2 is 1.57 bits per heavy atom. The first-order valence-electron chi connectivity index (χ1n) is 9.76. The fraction of sp³-hybridized carbons (Fsp3) is 0.261. The summed E-state index contributed by atoms with van der Waals surface area (Å²) in [7, 11) is 0. The number of anilines is 2. The number of aryl methyl sites for hydroxylation is 1. The van der Waals surface area contributed by atoms with Crippen molar-refractivity contribution in [2.45, 2.75) is 26.2 Å². The second kappa shape index (κ2) is 8.21. The molecule has 1 aliphatic heterocycles. The van der Waals surface area contributed by atoms with E-state index < -0.39 is 0 Å². The number of carbonyl (C=O) groups is 1. The standard InChI is InChI=1S/C23H24N4O/c1-17-5-7-19(8-6-17)23(28)24-20-11-9-18(10-12-20)21-13-14-22(26-25-21)27-15-3-2-4-16-27/h5-14H,2-4,15-16H2,1H3,(H,24,28). The fourth-order valence-electron chi connectivity index (χ4n) is 3.40. The van der Waals surface area contributed by atoms with E-state index in [-0.39, 0.29) is 5.91 Å². The summed E-state index contributed by atoms with van der Waals surface area (Å²) in [6, 6.07) is 19.3. The fourth-order valence-corrected chi connectivity index (χ4v) is 3.40. The van der Waals surface area contributed by atoms with Gasteiger partial charge in [0.15, 0.2) is 5.82 Å². The largest absolute Gasteiger partial charge is 0.355 e. The van der Waals surface area contributed by atoms with Gasteiger partial charge in [-0.05, 0) is 62.6 Å². The molecule has 142 valence electrons. The highest BCUT2D eigenvalue weighted by Gasteiger charge is 2.13. The number of aromatic nitrogens is 2. The van der Waals surface area contributed by atoms with E-state index in [9.17, 15) is 4.79 Å². The average Bonchev–Trinajstić information content (AvgIpc) is 2.75. The third-order valence-corrected chi connectivity index (χ3v) is 5.08. The predicted octanol–water partition coefficient (Wildman–Crippen LogP) is 4.69. The molecule has 1 amide bonds. The number of piperidine rings is 1. The van der Waals surface area contributed by atoms with Crippen molar-refractivity contribution in [1.29, 1.82) is 0 Å². The second-order valence-corrected chi connectivity index (χ2v) is 7.22. The van der Waals surface area contributed by atoms with E-state index in [4.69, 9.17) is 0 Å². The van der Waals surface area contributed by atoms with Crippen molar-refractivity contribution in [2.75, 3.05) is 23.3 Å². The van der Waals surface area contributed by atoms with Gasteiger partial charge in [-0.2, -0.15) is 0 Å². The molecule has 0 atom stereocenters. The molecule has 28 heavy (non-hydrogen) atoms. The molecule has 3 aromatic rings. The van der Waals surface area contributed by atoms with Crippen LogP contribution in [0, 0.1) is 6.92 Å². The summed E-state index contributed by atoms with van der Waals surface area (Å²) in [5.41, 5.74) is 4.34. The predicted molar refractivity (Wildman–Crippen MR) is 113 cm³/mol. The Morgan fingerprint density at radius 1 is 0.857 bits per heavy atom. The Morgan fingerprint density at radius 3 is 2.21 bits per heavy atom. The van der Waals surface area contributed by atoms with E-state index >= 15 is 0 Å². The molecule has 0 unspecified atom stereocenters. The highest BCUT2D eigenvalue weighted by Crippen LogP contribution is 2.22. The first kappa shape index (κ1) is 18.2. The Hall–Kier alpha value is -3.21. The topological polar surface area (TPSA) is 58.1 Å². The number of rotatable bonds is 4. The van der Waals surface area contributed by atoms with Crippen molar-refractivity contribution in [3.8, 4) is 11.3 Å². The van der Waals surface area contributed by atoms with Crippen molar-refractivity contribution >= 4 is 17.4 Å². The molecule has 0 aliphatic carbocycles. The van der Waals surface area contributed by atoms with Crippen molar-refractivity contribution in [1.82, 2.24) is 10.2 Å². The molecule has 0 radical (unpaired) electrons. The zero-order valence-corrected chi connectivity index (χ0v) is 16.1. The monoisotopic (exact) mass is 372 g/mol. The first-order valence-corrected chi connectivity index (χ1v) is 9.76. The van der Waals surface area contributed by atoms with Crippen LogP contribution in [0.25, 0.3) is 11.3 Å². The molecule has 1 saturated heterocycles. The van der Waals surface area contributed by atoms with Crippen molar-refractivity contribution in [3.63, 3.8) is 0 Å². The van der Waals surface area contributed by atoms with Gasteiger partial charge in [-0.25, -0.2) is 0 Å². The lowest BCUT2D eigenvalue weighted by atomic mass is 10.1. The van der Waals surface area contributed by atoms with Gasteiger partial charge in [0, 0.05) is 29.9 Å². The van der Waals surface area contributed by atoms with E-state index in [1.54, 1.807) is 0 Å². The van der Waals surface area contributed by atoms with Crippen LogP contribution in [0.2, 0.25) is 0 Å². The van der Waals surface area contributed by atoms with Crippen LogP contribution in [0.4, 0.5) is 11.5 Å². The number of benzene rings is 2. The van der Waals surface area contributed by atoms with Crippen LogP contribution in [-0.2, 0) is 0 Å².